The van der Waals surface area contributed by atoms with Gasteiger partial charge in [-0.15, -0.1) is 0 Å². The van der Waals surface area contributed by atoms with Crippen molar-refractivity contribution in [1.29, 1.82) is 0 Å². The standard InChI is InChI=1S/C19H20N4O3/c1-20-17-11-13(8-9-21-17)14-6-4-10-22(14)18(24)12-23-15-5-2-3-7-16(15)26-19(23)25/h2-3,5,7-9,11,14H,4,6,10,12H2,1H3,(H,20,21)/t14-/m0/s1. The lowest BCUT2D eigenvalue weighted by atomic mass is 10.1. The minimum atomic E-state index is -0.503. The van der Waals surface area contributed by atoms with Crippen molar-refractivity contribution >= 4 is 22.8 Å². The molecule has 26 heavy (non-hydrogen) atoms. The normalized spacial score (nSPS) is 17.0. The van der Waals surface area contributed by atoms with Crippen LogP contribution in [0.4, 0.5) is 5.82 Å². The number of para-hydroxylation sites is 2. The van der Waals surface area contributed by atoms with E-state index in [1.807, 2.05) is 30.1 Å². The number of likely N-dealkylation sites (tertiary alicyclic amines) is 1. The fourth-order valence-electron chi connectivity index (χ4n) is 3.59. The van der Waals surface area contributed by atoms with E-state index < -0.39 is 5.76 Å². The predicted molar refractivity (Wildman–Crippen MR) is 97.9 cm³/mol. The third-order valence-corrected chi connectivity index (χ3v) is 4.87. The number of amides is 1. The Morgan fingerprint density at radius 1 is 1.35 bits per heavy atom. The first-order valence-electron chi connectivity index (χ1n) is 8.69. The van der Waals surface area contributed by atoms with Gasteiger partial charge in [0, 0.05) is 19.8 Å². The maximum atomic E-state index is 12.9. The Hall–Kier alpha value is -3.09. The lowest BCUT2D eigenvalue weighted by molar-refractivity contribution is -0.132. The summed E-state index contributed by atoms with van der Waals surface area (Å²) in [6.45, 7) is 0.668. The van der Waals surface area contributed by atoms with Gasteiger partial charge in [0.05, 0.1) is 11.6 Å². The molecular weight excluding hydrogens is 332 g/mol. The molecule has 0 aliphatic carbocycles. The largest absolute Gasteiger partial charge is 0.420 e. The summed E-state index contributed by atoms with van der Waals surface area (Å²) >= 11 is 0. The van der Waals surface area contributed by atoms with Crippen molar-refractivity contribution in [3.63, 3.8) is 0 Å². The highest BCUT2D eigenvalue weighted by Crippen LogP contribution is 2.32. The molecule has 1 aliphatic heterocycles. The quantitative estimate of drug-likeness (QED) is 0.780. The van der Waals surface area contributed by atoms with E-state index in [1.165, 1.54) is 4.57 Å². The van der Waals surface area contributed by atoms with E-state index in [9.17, 15) is 9.59 Å². The van der Waals surface area contributed by atoms with E-state index in [-0.39, 0.29) is 18.5 Å². The molecule has 3 heterocycles. The maximum absolute atomic E-state index is 12.9. The van der Waals surface area contributed by atoms with Gasteiger partial charge in [0.2, 0.25) is 5.91 Å². The van der Waals surface area contributed by atoms with Gasteiger partial charge in [-0.25, -0.2) is 9.78 Å². The highest BCUT2D eigenvalue weighted by atomic mass is 16.4. The average molecular weight is 352 g/mol. The number of hydrogen-bond acceptors (Lipinski definition) is 5. The van der Waals surface area contributed by atoms with Gasteiger partial charge in [-0.05, 0) is 42.7 Å². The zero-order valence-electron chi connectivity index (χ0n) is 14.5. The number of pyridine rings is 1. The van der Waals surface area contributed by atoms with Crippen LogP contribution >= 0.6 is 0 Å². The van der Waals surface area contributed by atoms with E-state index in [1.54, 1.807) is 24.4 Å². The van der Waals surface area contributed by atoms with Crippen molar-refractivity contribution in [3.8, 4) is 0 Å². The van der Waals surface area contributed by atoms with Crippen LogP contribution in [0, 0.1) is 0 Å². The highest BCUT2D eigenvalue weighted by Gasteiger charge is 2.30. The lowest BCUT2D eigenvalue weighted by Gasteiger charge is -2.25. The number of benzene rings is 1. The second-order valence-electron chi connectivity index (χ2n) is 6.39. The summed E-state index contributed by atoms with van der Waals surface area (Å²) in [4.78, 5) is 31.2. The summed E-state index contributed by atoms with van der Waals surface area (Å²) < 4.78 is 6.63. The Bertz CT molecular complexity index is 1010. The smallest absolute Gasteiger partial charge is 0.408 e. The summed E-state index contributed by atoms with van der Waals surface area (Å²) in [6, 6.07) is 11.1. The van der Waals surface area contributed by atoms with Gasteiger partial charge in [-0.1, -0.05) is 12.1 Å². The number of fused-ring (bicyclic) bond motifs is 1. The minimum Gasteiger partial charge on any atom is -0.408 e. The topological polar surface area (TPSA) is 80.4 Å². The fraction of sp³-hybridized carbons (Fsp3) is 0.316. The van der Waals surface area contributed by atoms with Crippen molar-refractivity contribution < 1.29 is 9.21 Å². The molecule has 1 fully saturated rings. The number of carbonyl (C=O) groups is 1. The van der Waals surface area contributed by atoms with E-state index in [2.05, 4.69) is 10.3 Å². The number of nitrogens with zero attached hydrogens (tertiary/aromatic N) is 3. The molecule has 7 nitrogen and oxygen atoms in total. The second-order valence-corrected chi connectivity index (χ2v) is 6.39. The van der Waals surface area contributed by atoms with Crippen LogP contribution in [0.15, 0.2) is 51.8 Å². The second kappa shape index (κ2) is 6.67. The molecule has 7 heteroatoms. The van der Waals surface area contributed by atoms with Gasteiger partial charge < -0.3 is 14.6 Å². The Kier molecular flexibility index (Phi) is 4.20. The highest BCUT2D eigenvalue weighted by molar-refractivity contribution is 5.80. The lowest BCUT2D eigenvalue weighted by Crippen LogP contribution is -2.35. The van der Waals surface area contributed by atoms with Gasteiger partial charge in [0.25, 0.3) is 0 Å². The molecule has 134 valence electrons. The number of hydrogen-bond donors (Lipinski definition) is 1. The Balaban J connectivity index is 1.60. The first-order valence-corrected chi connectivity index (χ1v) is 8.69. The first kappa shape index (κ1) is 16.4. The van der Waals surface area contributed by atoms with Crippen LogP contribution in [0.2, 0.25) is 0 Å². The number of nitrogens with one attached hydrogen (secondary N) is 1. The molecule has 4 rings (SSSR count). The molecule has 1 atom stereocenters. The van der Waals surface area contributed by atoms with Crippen molar-refractivity contribution in [2.24, 2.45) is 0 Å². The molecule has 1 N–H and O–H groups in total. The van der Waals surface area contributed by atoms with Crippen molar-refractivity contribution in [2.45, 2.75) is 25.4 Å². The van der Waals surface area contributed by atoms with Crippen LogP contribution in [0.25, 0.3) is 11.1 Å². The Labute approximate surface area is 150 Å². The van der Waals surface area contributed by atoms with Gasteiger partial charge >= 0.3 is 5.76 Å². The van der Waals surface area contributed by atoms with Gasteiger partial charge in [0.15, 0.2) is 5.58 Å². The Morgan fingerprint density at radius 3 is 3.04 bits per heavy atom. The number of anilines is 1. The van der Waals surface area contributed by atoms with Crippen LogP contribution in [-0.2, 0) is 11.3 Å². The van der Waals surface area contributed by atoms with E-state index >= 15 is 0 Å². The zero-order chi connectivity index (χ0) is 18.1. The monoisotopic (exact) mass is 352 g/mol. The predicted octanol–water partition coefficient (Wildman–Crippen LogP) is 2.39. The summed E-state index contributed by atoms with van der Waals surface area (Å²) in [5.74, 6) is 0.194. The third-order valence-electron chi connectivity index (χ3n) is 4.87. The third kappa shape index (κ3) is 2.85. The molecule has 0 saturated carbocycles. The van der Waals surface area contributed by atoms with Gasteiger partial charge in [-0.3, -0.25) is 9.36 Å². The average Bonchev–Trinajstić information content (AvgIpc) is 3.27. The molecule has 3 aromatic rings. The molecule has 0 unspecified atom stereocenters. The molecule has 1 amide bonds. The molecule has 0 spiro atoms. The fourth-order valence-corrected chi connectivity index (χ4v) is 3.59. The number of rotatable bonds is 4. The number of aromatic nitrogens is 2. The maximum Gasteiger partial charge on any atom is 0.420 e. The van der Waals surface area contributed by atoms with Crippen LogP contribution in [0.5, 0.6) is 0 Å². The molecule has 2 aromatic heterocycles. The van der Waals surface area contributed by atoms with Crippen LogP contribution < -0.4 is 11.1 Å². The van der Waals surface area contributed by atoms with Crippen LogP contribution in [-0.4, -0.2) is 34.0 Å². The number of carbonyl (C=O) groups excluding carboxylic acids is 1. The van der Waals surface area contributed by atoms with E-state index in [4.69, 9.17) is 4.42 Å². The van der Waals surface area contributed by atoms with Crippen molar-refractivity contribution in [1.82, 2.24) is 14.5 Å². The Morgan fingerprint density at radius 2 is 2.19 bits per heavy atom. The van der Waals surface area contributed by atoms with Crippen LogP contribution in [0.1, 0.15) is 24.4 Å². The summed E-state index contributed by atoms with van der Waals surface area (Å²) in [6.07, 6.45) is 3.59. The summed E-state index contributed by atoms with van der Waals surface area (Å²) in [7, 11) is 1.82. The molecule has 1 saturated heterocycles. The van der Waals surface area contributed by atoms with Crippen molar-refractivity contribution in [2.75, 3.05) is 18.9 Å². The molecule has 1 aliphatic rings. The zero-order valence-corrected chi connectivity index (χ0v) is 14.5. The van der Waals surface area contributed by atoms with Crippen molar-refractivity contribution in [3.05, 3.63) is 58.7 Å². The minimum absolute atomic E-state index is 0.00599. The van der Waals surface area contributed by atoms with Gasteiger partial charge in [-0.2, -0.15) is 0 Å². The molecule has 0 bridgehead atoms. The molecule has 1 aromatic carbocycles. The molecular formula is C19H20N4O3. The van der Waals surface area contributed by atoms with Crippen LogP contribution in [0.3, 0.4) is 0 Å². The summed E-state index contributed by atoms with van der Waals surface area (Å²) in [5, 5.41) is 3.03. The van der Waals surface area contributed by atoms with Gasteiger partial charge in [0.1, 0.15) is 12.4 Å². The molecule has 0 radical (unpaired) electrons. The number of oxazole rings is 1. The van der Waals surface area contributed by atoms with E-state index in [0.29, 0.717) is 17.6 Å². The first-order chi connectivity index (χ1) is 12.7. The SMILES string of the molecule is CNc1cc([C@@H]2CCCN2C(=O)Cn2c(=O)oc3ccccc32)ccn1. The summed E-state index contributed by atoms with van der Waals surface area (Å²) in [5.41, 5.74) is 2.19. The van der Waals surface area contributed by atoms with E-state index in [0.717, 1.165) is 24.2 Å².